The average Bonchev–Trinajstić information content (AvgIpc) is 3.05. The molecule has 2 aromatic rings. The minimum atomic E-state index is -0.153. The van der Waals surface area contributed by atoms with Crippen LogP contribution in [0.25, 0.3) is 11.3 Å². The van der Waals surface area contributed by atoms with Gasteiger partial charge in [-0.1, -0.05) is 0 Å². The molecule has 0 spiro atoms. The van der Waals surface area contributed by atoms with Crippen molar-refractivity contribution < 1.29 is 4.79 Å². The first kappa shape index (κ1) is 16.1. The number of carbonyl (C=O) groups excluding carboxylic acids is 1. The zero-order valence-electron chi connectivity index (χ0n) is 15.2. The van der Waals surface area contributed by atoms with Crippen molar-refractivity contribution in [3.8, 4) is 11.3 Å². The highest BCUT2D eigenvalue weighted by atomic mass is 16.2. The Hall–Kier alpha value is -2.41. The molecule has 0 bridgehead atoms. The van der Waals surface area contributed by atoms with Gasteiger partial charge in [0.15, 0.2) is 5.82 Å². The Morgan fingerprint density at radius 3 is 2.76 bits per heavy atom. The highest BCUT2D eigenvalue weighted by molar-refractivity contribution is 6.05. The predicted octanol–water partition coefficient (Wildman–Crippen LogP) is 1.66. The maximum absolute atomic E-state index is 13.0. The Bertz CT molecular complexity index is 814. The third-order valence-corrected chi connectivity index (χ3v) is 5.24. The van der Waals surface area contributed by atoms with Gasteiger partial charge >= 0.3 is 0 Å². The molecule has 1 amide bonds. The van der Waals surface area contributed by atoms with E-state index in [1.807, 2.05) is 32.3 Å². The molecule has 7 heteroatoms. The molecule has 0 aromatic carbocycles. The Morgan fingerprint density at radius 2 is 2.08 bits per heavy atom. The highest BCUT2D eigenvalue weighted by Gasteiger charge is 2.41. The lowest BCUT2D eigenvalue weighted by molar-refractivity contribution is -0.121. The molecule has 1 fully saturated rings. The molecule has 0 aliphatic carbocycles. The van der Waals surface area contributed by atoms with Gasteiger partial charge in [-0.15, -0.1) is 0 Å². The number of anilines is 2. The monoisotopic (exact) mass is 340 g/mol. The second kappa shape index (κ2) is 5.84. The number of hydrogen-bond acceptors (Lipinski definition) is 5. The van der Waals surface area contributed by atoms with E-state index in [-0.39, 0.29) is 11.9 Å². The van der Waals surface area contributed by atoms with Gasteiger partial charge in [0.1, 0.15) is 6.04 Å². The molecule has 4 rings (SSSR count). The second-order valence-corrected chi connectivity index (χ2v) is 7.20. The topological polar surface area (TPSA) is 68.4 Å². The summed E-state index contributed by atoms with van der Waals surface area (Å²) in [6, 6.07) is 4.29. The molecule has 2 aliphatic heterocycles. The number of piperazine rings is 1. The van der Waals surface area contributed by atoms with Gasteiger partial charge in [0.25, 0.3) is 5.91 Å². The summed E-state index contributed by atoms with van der Waals surface area (Å²) in [5.41, 5.74) is 3.63. The molecule has 2 aliphatic rings. The fourth-order valence-electron chi connectivity index (χ4n) is 3.70. The fourth-order valence-corrected chi connectivity index (χ4v) is 3.70. The largest absolute Gasteiger partial charge is 0.340 e. The molecule has 2 aromatic heterocycles. The van der Waals surface area contributed by atoms with Crippen LogP contribution >= 0.6 is 0 Å². The van der Waals surface area contributed by atoms with Crippen LogP contribution in [0, 0.1) is 6.92 Å². The number of H-pyrrole nitrogens is 1. The summed E-state index contributed by atoms with van der Waals surface area (Å²) in [6.45, 7) is 8.85. The third kappa shape index (κ3) is 2.59. The molecule has 4 heterocycles. The highest BCUT2D eigenvalue weighted by Crippen LogP contribution is 2.37. The smallest absolute Gasteiger partial charge is 0.250 e. The molecule has 25 heavy (non-hydrogen) atoms. The number of carbonyl (C=O) groups is 1. The summed E-state index contributed by atoms with van der Waals surface area (Å²) in [6.07, 6.45) is 1.85. The number of pyridine rings is 1. The lowest BCUT2D eigenvalue weighted by Gasteiger charge is -2.47. The zero-order chi connectivity index (χ0) is 17.7. The van der Waals surface area contributed by atoms with Gasteiger partial charge in [-0.05, 0) is 32.9 Å². The zero-order valence-corrected chi connectivity index (χ0v) is 15.2. The number of aromatic nitrogens is 3. The number of aryl methyl sites for hydroxylation is 1. The third-order valence-electron chi connectivity index (χ3n) is 5.24. The van der Waals surface area contributed by atoms with Crippen LogP contribution in [-0.2, 0) is 4.79 Å². The van der Waals surface area contributed by atoms with Crippen LogP contribution in [0.4, 0.5) is 11.5 Å². The summed E-state index contributed by atoms with van der Waals surface area (Å²) in [4.78, 5) is 23.9. The Labute approximate surface area is 147 Å². The van der Waals surface area contributed by atoms with Crippen LogP contribution in [0.15, 0.2) is 18.3 Å². The van der Waals surface area contributed by atoms with E-state index >= 15 is 0 Å². The SMILES string of the molecule is Cc1cc(-c2cnc3c(c2)N(C)C(=O)[C@H]2CN(C(C)C)CCN32)n[nH]1. The van der Waals surface area contributed by atoms with Crippen molar-refractivity contribution in [3.63, 3.8) is 0 Å². The first-order chi connectivity index (χ1) is 12.0. The normalized spacial score (nSPS) is 20.8. The minimum Gasteiger partial charge on any atom is -0.340 e. The van der Waals surface area contributed by atoms with Crippen LogP contribution in [0.1, 0.15) is 19.5 Å². The molecule has 0 saturated carbocycles. The van der Waals surface area contributed by atoms with E-state index in [9.17, 15) is 4.79 Å². The van der Waals surface area contributed by atoms with Gasteiger partial charge in [-0.3, -0.25) is 14.8 Å². The maximum atomic E-state index is 13.0. The van der Waals surface area contributed by atoms with E-state index in [2.05, 4.69) is 33.8 Å². The molecule has 7 nitrogen and oxygen atoms in total. The number of amides is 1. The first-order valence-corrected chi connectivity index (χ1v) is 8.76. The number of aromatic amines is 1. The maximum Gasteiger partial charge on any atom is 0.250 e. The quantitative estimate of drug-likeness (QED) is 0.900. The lowest BCUT2D eigenvalue weighted by atomic mass is 10.0. The van der Waals surface area contributed by atoms with Crippen molar-refractivity contribution in [1.29, 1.82) is 0 Å². The molecule has 132 valence electrons. The number of likely N-dealkylation sites (N-methyl/N-ethyl adjacent to an activating group) is 1. The predicted molar refractivity (Wildman–Crippen MR) is 97.8 cm³/mol. The number of nitrogens with zero attached hydrogens (tertiary/aromatic N) is 5. The van der Waals surface area contributed by atoms with Gasteiger partial charge in [-0.2, -0.15) is 5.10 Å². The molecule has 1 N–H and O–H groups in total. The number of rotatable bonds is 2. The van der Waals surface area contributed by atoms with Crippen molar-refractivity contribution in [3.05, 3.63) is 24.0 Å². The van der Waals surface area contributed by atoms with Crippen molar-refractivity contribution in [2.45, 2.75) is 32.9 Å². The lowest BCUT2D eigenvalue weighted by Crippen LogP contribution is -2.63. The number of fused-ring (bicyclic) bond motifs is 3. The van der Waals surface area contributed by atoms with Crippen LogP contribution in [0.2, 0.25) is 0 Å². The number of hydrogen-bond donors (Lipinski definition) is 1. The standard InChI is InChI=1S/C18H24N6O/c1-11(2)23-5-6-24-16(10-23)18(25)22(4)15-8-13(9-19-17(15)24)14-7-12(3)20-21-14/h7-9,11,16H,5-6,10H2,1-4H3,(H,20,21)/t16-/m1/s1. The summed E-state index contributed by atoms with van der Waals surface area (Å²) in [5, 5.41) is 7.25. The van der Waals surface area contributed by atoms with E-state index in [0.717, 1.165) is 48.1 Å². The van der Waals surface area contributed by atoms with Crippen LogP contribution < -0.4 is 9.80 Å². The van der Waals surface area contributed by atoms with E-state index in [1.165, 1.54) is 0 Å². The van der Waals surface area contributed by atoms with Gasteiger partial charge in [0.05, 0.1) is 11.4 Å². The van der Waals surface area contributed by atoms with Crippen LogP contribution in [0.5, 0.6) is 0 Å². The van der Waals surface area contributed by atoms with E-state index < -0.39 is 0 Å². The van der Waals surface area contributed by atoms with Crippen molar-refractivity contribution in [1.82, 2.24) is 20.1 Å². The van der Waals surface area contributed by atoms with Gasteiger partial charge in [-0.25, -0.2) is 4.98 Å². The average molecular weight is 340 g/mol. The molecular formula is C18H24N6O. The van der Waals surface area contributed by atoms with Crippen LogP contribution in [-0.4, -0.2) is 64.8 Å². The van der Waals surface area contributed by atoms with Gasteiger partial charge in [0.2, 0.25) is 0 Å². The molecular weight excluding hydrogens is 316 g/mol. The van der Waals surface area contributed by atoms with E-state index in [4.69, 9.17) is 4.98 Å². The van der Waals surface area contributed by atoms with E-state index in [0.29, 0.717) is 6.04 Å². The Balaban J connectivity index is 1.72. The van der Waals surface area contributed by atoms with E-state index in [1.54, 1.807) is 4.90 Å². The molecule has 1 saturated heterocycles. The summed E-state index contributed by atoms with van der Waals surface area (Å²) in [5.74, 6) is 1.03. The molecule has 0 unspecified atom stereocenters. The van der Waals surface area contributed by atoms with Gasteiger partial charge < -0.3 is 9.80 Å². The fraction of sp³-hybridized carbons (Fsp3) is 0.500. The summed E-state index contributed by atoms with van der Waals surface area (Å²) >= 11 is 0. The minimum absolute atomic E-state index is 0.134. The summed E-state index contributed by atoms with van der Waals surface area (Å²) < 4.78 is 0. The number of nitrogens with one attached hydrogen (secondary N) is 1. The van der Waals surface area contributed by atoms with Crippen LogP contribution in [0.3, 0.4) is 0 Å². The van der Waals surface area contributed by atoms with Gasteiger partial charge in [0, 0.05) is 50.2 Å². The Morgan fingerprint density at radius 1 is 1.28 bits per heavy atom. The first-order valence-electron chi connectivity index (χ1n) is 8.76. The Kier molecular flexibility index (Phi) is 3.76. The summed E-state index contributed by atoms with van der Waals surface area (Å²) in [7, 11) is 1.84. The van der Waals surface area contributed by atoms with Crippen molar-refractivity contribution >= 4 is 17.4 Å². The second-order valence-electron chi connectivity index (χ2n) is 7.20. The van der Waals surface area contributed by atoms with Crippen molar-refractivity contribution in [2.75, 3.05) is 36.5 Å². The molecule has 0 radical (unpaired) electrons. The molecule has 1 atom stereocenters. The van der Waals surface area contributed by atoms with Crippen molar-refractivity contribution in [2.24, 2.45) is 0 Å².